The van der Waals surface area contributed by atoms with Crippen LogP contribution in [0.25, 0.3) is 0 Å². The normalized spacial score (nSPS) is 21.0. The highest BCUT2D eigenvalue weighted by Gasteiger charge is 2.13. The van der Waals surface area contributed by atoms with Crippen molar-refractivity contribution in [3.8, 4) is 0 Å². The lowest BCUT2D eigenvalue weighted by Crippen LogP contribution is -2.08. The summed E-state index contributed by atoms with van der Waals surface area (Å²) in [5.41, 5.74) is 6.02. The third-order valence-corrected chi connectivity index (χ3v) is 8.48. The lowest BCUT2D eigenvalue weighted by Gasteiger charge is -2.22. The van der Waals surface area contributed by atoms with Crippen LogP contribution in [-0.2, 0) is 0 Å². The average Bonchev–Trinajstić information content (AvgIpc) is 2.95. The molecule has 0 radical (unpaired) electrons. The number of hydrogen-bond acceptors (Lipinski definition) is 0. The SMILES string of the molecule is CC1CCC(C)CC1.CC1CCC(C)CC1.Cc1ccc(C)c(F)c1.Cc1ccc(C)c(F)c1.Cc1ccc(C)cc1. The van der Waals surface area contributed by atoms with E-state index in [4.69, 9.17) is 0 Å². The zero-order chi connectivity index (χ0) is 31.7. The Morgan fingerprint density at radius 2 is 0.595 bits per heavy atom. The molecule has 0 amide bonds. The quantitative estimate of drug-likeness (QED) is 0.249. The topological polar surface area (TPSA) is 0 Å². The molecule has 2 saturated carbocycles. The van der Waals surface area contributed by atoms with E-state index in [1.54, 1.807) is 26.0 Å². The zero-order valence-electron chi connectivity index (χ0n) is 28.5. The highest BCUT2D eigenvalue weighted by molar-refractivity contribution is 5.22. The molecule has 5 rings (SSSR count). The Hall–Kier alpha value is -2.48. The van der Waals surface area contributed by atoms with E-state index < -0.39 is 0 Å². The van der Waals surface area contributed by atoms with Gasteiger partial charge < -0.3 is 0 Å². The number of aryl methyl sites for hydroxylation is 6. The second-order valence-electron chi connectivity index (χ2n) is 13.4. The van der Waals surface area contributed by atoms with Gasteiger partial charge in [-0.15, -0.1) is 0 Å². The molecule has 0 atom stereocenters. The summed E-state index contributed by atoms with van der Waals surface area (Å²) in [5, 5.41) is 0. The maximum atomic E-state index is 12.6. The Morgan fingerprint density at radius 3 is 0.786 bits per heavy atom. The van der Waals surface area contributed by atoms with E-state index in [2.05, 4.69) is 65.8 Å². The van der Waals surface area contributed by atoms with E-state index >= 15 is 0 Å². The Kier molecular flexibility index (Phi) is 18.3. The molecule has 0 bridgehead atoms. The number of benzene rings is 3. The predicted molar refractivity (Wildman–Crippen MR) is 181 cm³/mol. The number of rotatable bonds is 0. The lowest BCUT2D eigenvalue weighted by molar-refractivity contribution is 0.308. The second kappa shape index (κ2) is 20.4. The van der Waals surface area contributed by atoms with Crippen molar-refractivity contribution in [3.63, 3.8) is 0 Å². The minimum absolute atomic E-state index is 0.116. The molecule has 0 nitrogen and oxygen atoms in total. The van der Waals surface area contributed by atoms with Crippen molar-refractivity contribution in [2.24, 2.45) is 23.7 Å². The van der Waals surface area contributed by atoms with Crippen molar-refractivity contribution in [2.45, 2.75) is 121 Å². The van der Waals surface area contributed by atoms with E-state index in [1.165, 1.54) is 74.6 Å². The van der Waals surface area contributed by atoms with Gasteiger partial charge in [0, 0.05) is 0 Å². The molecule has 3 aromatic rings. The summed E-state index contributed by atoms with van der Waals surface area (Å²) in [4.78, 5) is 0. The van der Waals surface area contributed by atoms with Gasteiger partial charge in [0.25, 0.3) is 0 Å². The molecular formula is C40H60F2. The van der Waals surface area contributed by atoms with Crippen molar-refractivity contribution in [2.75, 3.05) is 0 Å². The summed E-state index contributed by atoms with van der Waals surface area (Å²) in [6, 6.07) is 18.9. The summed E-state index contributed by atoms with van der Waals surface area (Å²) >= 11 is 0. The molecule has 42 heavy (non-hydrogen) atoms. The van der Waals surface area contributed by atoms with Gasteiger partial charge in [0.2, 0.25) is 0 Å². The molecule has 0 aliphatic heterocycles. The van der Waals surface area contributed by atoms with Crippen molar-refractivity contribution in [3.05, 3.63) is 106 Å². The van der Waals surface area contributed by atoms with Crippen molar-refractivity contribution in [1.29, 1.82) is 0 Å². The highest BCUT2D eigenvalue weighted by atomic mass is 19.1. The smallest absolute Gasteiger partial charge is 0.126 e. The molecule has 0 saturated heterocycles. The average molecular weight is 579 g/mol. The predicted octanol–water partition coefficient (Wildman–Crippen LogP) is 12.9. The Labute approximate surface area is 258 Å². The molecule has 0 unspecified atom stereocenters. The fourth-order valence-electron chi connectivity index (χ4n) is 4.89. The van der Waals surface area contributed by atoms with Crippen LogP contribution in [0.2, 0.25) is 0 Å². The van der Waals surface area contributed by atoms with E-state index in [1.807, 2.05) is 26.0 Å². The maximum absolute atomic E-state index is 12.6. The van der Waals surface area contributed by atoms with Gasteiger partial charge in [-0.1, -0.05) is 139 Å². The fourth-order valence-corrected chi connectivity index (χ4v) is 4.89. The standard InChI is InChI=1S/2C8H9F.2C8H16.C8H10/c2*1-6-3-4-7(2)8(9)5-6;3*1-7-3-5-8(2)6-4-7/h2*3-5H,1-2H3;2*7-8H,3-6H2,1-2H3;3-6H,1-2H3. The van der Waals surface area contributed by atoms with Crippen LogP contribution in [0.5, 0.6) is 0 Å². The minimum atomic E-state index is -0.116. The molecule has 0 heterocycles. The zero-order valence-corrected chi connectivity index (χ0v) is 28.5. The Bertz CT molecular complexity index is 1000. The van der Waals surface area contributed by atoms with Gasteiger partial charge in [0.05, 0.1) is 0 Å². The largest absolute Gasteiger partial charge is 0.207 e. The third-order valence-electron chi connectivity index (χ3n) is 8.48. The Morgan fingerprint density at radius 1 is 0.381 bits per heavy atom. The van der Waals surface area contributed by atoms with Gasteiger partial charge >= 0.3 is 0 Å². The van der Waals surface area contributed by atoms with Gasteiger partial charge in [0.1, 0.15) is 11.6 Å². The first kappa shape index (κ1) is 37.5. The Balaban J connectivity index is 0.000000263. The summed E-state index contributed by atoms with van der Waals surface area (Å²) < 4.78 is 25.2. The molecule has 2 aliphatic carbocycles. The number of hydrogen-bond donors (Lipinski definition) is 0. The lowest BCUT2D eigenvalue weighted by atomic mass is 9.84. The van der Waals surface area contributed by atoms with E-state index in [0.29, 0.717) is 11.1 Å². The third kappa shape index (κ3) is 17.5. The second-order valence-corrected chi connectivity index (χ2v) is 13.4. The van der Waals surface area contributed by atoms with Crippen LogP contribution in [0.15, 0.2) is 60.7 Å². The summed E-state index contributed by atoms with van der Waals surface area (Å²) in [6.45, 7) is 20.9. The van der Waals surface area contributed by atoms with Crippen LogP contribution in [-0.4, -0.2) is 0 Å². The molecule has 234 valence electrons. The van der Waals surface area contributed by atoms with E-state index in [0.717, 1.165) is 34.8 Å². The van der Waals surface area contributed by atoms with Crippen molar-refractivity contribution in [1.82, 2.24) is 0 Å². The van der Waals surface area contributed by atoms with Gasteiger partial charge in [-0.2, -0.15) is 0 Å². The van der Waals surface area contributed by atoms with Crippen molar-refractivity contribution < 1.29 is 8.78 Å². The van der Waals surface area contributed by atoms with Crippen LogP contribution >= 0.6 is 0 Å². The summed E-state index contributed by atoms with van der Waals surface area (Å²) in [5.74, 6) is 3.85. The molecule has 0 N–H and O–H groups in total. The van der Waals surface area contributed by atoms with Crippen LogP contribution < -0.4 is 0 Å². The van der Waals surface area contributed by atoms with Crippen LogP contribution in [0.4, 0.5) is 8.78 Å². The van der Waals surface area contributed by atoms with E-state index in [9.17, 15) is 8.78 Å². The van der Waals surface area contributed by atoms with Gasteiger partial charge in [-0.25, -0.2) is 8.78 Å². The van der Waals surface area contributed by atoms with Crippen LogP contribution in [0.1, 0.15) is 112 Å². The molecule has 2 fully saturated rings. The summed E-state index contributed by atoms with van der Waals surface area (Å²) in [7, 11) is 0. The van der Waals surface area contributed by atoms with Crippen molar-refractivity contribution >= 4 is 0 Å². The first-order chi connectivity index (χ1) is 19.8. The van der Waals surface area contributed by atoms with Crippen LogP contribution in [0.3, 0.4) is 0 Å². The van der Waals surface area contributed by atoms with Gasteiger partial charge in [-0.05, 0) is 99.6 Å². The highest BCUT2D eigenvalue weighted by Crippen LogP contribution is 2.28. The molecule has 0 spiro atoms. The summed E-state index contributed by atoms with van der Waals surface area (Å²) in [6.07, 6.45) is 11.8. The first-order valence-corrected chi connectivity index (χ1v) is 16.3. The molecular weight excluding hydrogens is 518 g/mol. The fraction of sp³-hybridized carbons (Fsp3) is 0.550. The van der Waals surface area contributed by atoms with Gasteiger partial charge in [0.15, 0.2) is 0 Å². The molecule has 2 heteroatoms. The van der Waals surface area contributed by atoms with Crippen LogP contribution in [0, 0.1) is 76.8 Å². The monoisotopic (exact) mass is 578 g/mol. The molecule has 2 aliphatic rings. The first-order valence-electron chi connectivity index (χ1n) is 16.3. The molecule has 3 aromatic carbocycles. The minimum Gasteiger partial charge on any atom is -0.207 e. The number of halogens is 2. The van der Waals surface area contributed by atoms with Gasteiger partial charge in [-0.3, -0.25) is 0 Å². The van der Waals surface area contributed by atoms with E-state index in [-0.39, 0.29) is 11.6 Å². The maximum Gasteiger partial charge on any atom is 0.126 e. The molecule has 0 aromatic heterocycles.